The Morgan fingerprint density at radius 2 is 0.640 bits per heavy atom. The van der Waals surface area contributed by atoms with Crippen molar-refractivity contribution in [2.24, 2.45) is 0 Å². The lowest BCUT2D eigenvalue weighted by Crippen LogP contribution is -2.07. The van der Waals surface area contributed by atoms with Crippen molar-refractivity contribution in [3.05, 3.63) is 267 Å². The van der Waals surface area contributed by atoms with Gasteiger partial charge in [0.05, 0.1) is 38.8 Å². The Bertz CT molecular complexity index is 4610. The largest absolute Gasteiger partial charge is 0.309 e. The Labute approximate surface area is 432 Å². The summed E-state index contributed by atoms with van der Waals surface area (Å²) < 4.78 is 7.17. The van der Waals surface area contributed by atoms with E-state index in [4.69, 9.17) is 15.0 Å². The highest BCUT2D eigenvalue weighted by atomic mass is 15.2. The van der Waals surface area contributed by atoms with E-state index in [9.17, 15) is 0 Å². The lowest BCUT2D eigenvalue weighted by Gasteiger charge is -2.16. The molecule has 0 unspecified atom stereocenters. The maximum Gasteiger partial charge on any atom is 0.238 e. The number of benzene rings is 11. The number of para-hydroxylation sites is 4. The monoisotopic (exact) mass is 956 g/mol. The number of aromatic nitrogens is 6. The van der Waals surface area contributed by atoms with Gasteiger partial charge in [0.15, 0.2) is 11.6 Å². The van der Waals surface area contributed by atoms with Gasteiger partial charge in [0, 0.05) is 54.7 Å². The van der Waals surface area contributed by atoms with Gasteiger partial charge in [0.25, 0.3) is 0 Å². The highest BCUT2D eigenvalue weighted by Gasteiger charge is 2.25. The standard InChI is InChI=1S/C69H44N6/c1-4-18-45(19-5-1)46-32-34-47(35-33-46)48-36-38-51(39-37-48)68-70-67(50-22-8-3-9-23-50)71-69(72-68)75-63-31-17-13-27-56(63)57-41-42-58-59-44-52(73-61-29-15-11-25-54(61)55-26-12-16-30-62(55)73)40-43-64(59)74(65(58)66(57)75)60-28-14-10-24-53(60)49-20-6-2-7-21-49/h1-44H. The molecular weight excluding hydrogens is 913 g/mol. The van der Waals surface area contributed by atoms with E-state index < -0.39 is 0 Å². The average molecular weight is 957 g/mol. The quantitative estimate of drug-likeness (QED) is 0.152. The van der Waals surface area contributed by atoms with Crippen LogP contribution in [0.4, 0.5) is 0 Å². The number of hydrogen-bond acceptors (Lipinski definition) is 3. The van der Waals surface area contributed by atoms with Crippen LogP contribution in [0.3, 0.4) is 0 Å². The minimum Gasteiger partial charge on any atom is -0.309 e. The van der Waals surface area contributed by atoms with Crippen molar-refractivity contribution in [3.8, 4) is 73.5 Å². The lowest BCUT2D eigenvalue weighted by atomic mass is 9.99. The van der Waals surface area contributed by atoms with Gasteiger partial charge in [-0.1, -0.05) is 224 Å². The molecule has 0 spiro atoms. The first-order valence-corrected chi connectivity index (χ1v) is 25.4. The van der Waals surface area contributed by atoms with Gasteiger partial charge >= 0.3 is 0 Å². The van der Waals surface area contributed by atoms with E-state index in [0.29, 0.717) is 17.6 Å². The van der Waals surface area contributed by atoms with Crippen LogP contribution in [0.5, 0.6) is 0 Å². The van der Waals surface area contributed by atoms with Gasteiger partial charge in [-0.15, -0.1) is 0 Å². The molecule has 0 fully saturated rings. The maximum atomic E-state index is 5.48. The molecule has 15 aromatic rings. The number of hydrogen-bond donors (Lipinski definition) is 0. The third kappa shape index (κ3) is 6.92. The van der Waals surface area contributed by atoms with Gasteiger partial charge in [0.2, 0.25) is 5.95 Å². The first-order chi connectivity index (χ1) is 37.2. The van der Waals surface area contributed by atoms with E-state index in [1.165, 1.54) is 32.9 Å². The second-order valence-electron chi connectivity index (χ2n) is 19.2. The summed E-state index contributed by atoms with van der Waals surface area (Å²) in [6.45, 7) is 0. The highest BCUT2D eigenvalue weighted by Crippen LogP contribution is 2.44. The van der Waals surface area contributed by atoms with E-state index in [0.717, 1.165) is 88.4 Å². The normalized spacial score (nSPS) is 11.7. The zero-order valence-electron chi connectivity index (χ0n) is 40.6. The summed E-state index contributed by atoms with van der Waals surface area (Å²) in [6.07, 6.45) is 0. The van der Waals surface area contributed by atoms with E-state index >= 15 is 0 Å². The third-order valence-electron chi connectivity index (χ3n) is 14.9. The van der Waals surface area contributed by atoms with E-state index in [2.05, 4.69) is 262 Å². The van der Waals surface area contributed by atoms with Crippen molar-refractivity contribution in [3.63, 3.8) is 0 Å². The minimum atomic E-state index is 0.539. The van der Waals surface area contributed by atoms with Gasteiger partial charge in [-0.25, -0.2) is 4.98 Å². The van der Waals surface area contributed by atoms with E-state index in [-0.39, 0.29) is 0 Å². The molecule has 4 aromatic heterocycles. The lowest BCUT2D eigenvalue weighted by molar-refractivity contribution is 0.953. The predicted molar refractivity (Wildman–Crippen MR) is 310 cm³/mol. The summed E-state index contributed by atoms with van der Waals surface area (Å²) in [4.78, 5) is 16.1. The number of fused-ring (bicyclic) bond motifs is 10. The van der Waals surface area contributed by atoms with Gasteiger partial charge in [-0.2, -0.15) is 9.97 Å². The van der Waals surface area contributed by atoms with Crippen molar-refractivity contribution in [2.75, 3.05) is 0 Å². The molecule has 0 bridgehead atoms. The van der Waals surface area contributed by atoms with Crippen LogP contribution in [0, 0.1) is 0 Å². The molecule has 11 aromatic carbocycles. The SMILES string of the molecule is c1ccc(-c2ccc(-c3ccc(-c4nc(-c5ccccc5)nc(-n5c6ccccc6c6ccc7c8cc(-n9c%10ccccc%10c%10ccccc%109)ccc8n(-c8ccccc8-c8ccccc8)c7c65)n4)cc3)cc2)cc1. The zero-order chi connectivity index (χ0) is 49.4. The molecule has 0 aliphatic carbocycles. The smallest absolute Gasteiger partial charge is 0.238 e. The van der Waals surface area contributed by atoms with Crippen molar-refractivity contribution < 1.29 is 0 Å². The average Bonchev–Trinajstić information content (AvgIpc) is 4.13. The molecule has 0 radical (unpaired) electrons. The van der Waals surface area contributed by atoms with Crippen molar-refractivity contribution in [2.45, 2.75) is 0 Å². The molecular formula is C69H44N6. The topological polar surface area (TPSA) is 53.5 Å². The van der Waals surface area contributed by atoms with Crippen LogP contribution in [0.1, 0.15) is 0 Å². The summed E-state index contributed by atoms with van der Waals surface area (Å²) in [6, 6.07) is 95.3. The Morgan fingerprint density at radius 1 is 0.240 bits per heavy atom. The summed E-state index contributed by atoms with van der Waals surface area (Å²) in [5, 5.41) is 6.94. The van der Waals surface area contributed by atoms with Gasteiger partial charge in [-0.05, 0) is 70.3 Å². The Hall–Kier alpha value is -10.2. The molecule has 0 saturated carbocycles. The molecule has 350 valence electrons. The minimum absolute atomic E-state index is 0.539. The van der Waals surface area contributed by atoms with Crippen LogP contribution in [0.25, 0.3) is 139 Å². The van der Waals surface area contributed by atoms with Crippen molar-refractivity contribution in [1.29, 1.82) is 0 Å². The Morgan fingerprint density at radius 3 is 1.23 bits per heavy atom. The molecule has 0 aliphatic heterocycles. The molecule has 6 heteroatoms. The number of rotatable bonds is 8. The molecule has 0 saturated heterocycles. The predicted octanol–water partition coefficient (Wildman–Crippen LogP) is 17.5. The maximum absolute atomic E-state index is 5.48. The summed E-state index contributed by atoms with van der Waals surface area (Å²) in [5.41, 5.74) is 17.4. The molecule has 0 amide bonds. The molecule has 0 aliphatic rings. The van der Waals surface area contributed by atoms with Gasteiger partial charge < -0.3 is 9.13 Å². The molecule has 6 nitrogen and oxygen atoms in total. The summed E-state index contributed by atoms with van der Waals surface area (Å²) in [7, 11) is 0. The third-order valence-corrected chi connectivity index (χ3v) is 14.9. The van der Waals surface area contributed by atoms with Crippen LogP contribution in [0.2, 0.25) is 0 Å². The summed E-state index contributed by atoms with van der Waals surface area (Å²) >= 11 is 0. The van der Waals surface area contributed by atoms with E-state index in [1.54, 1.807) is 0 Å². The molecule has 0 N–H and O–H groups in total. The summed E-state index contributed by atoms with van der Waals surface area (Å²) in [5.74, 6) is 1.73. The fourth-order valence-electron chi connectivity index (χ4n) is 11.5. The second kappa shape index (κ2) is 17.3. The molecule has 15 rings (SSSR count). The van der Waals surface area contributed by atoms with Crippen LogP contribution < -0.4 is 0 Å². The highest BCUT2D eigenvalue weighted by molar-refractivity contribution is 6.24. The van der Waals surface area contributed by atoms with Gasteiger partial charge in [0.1, 0.15) is 0 Å². The van der Waals surface area contributed by atoms with Crippen LogP contribution in [-0.2, 0) is 0 Å². The van der Waals surface area contributed by atoms with Crippen LogP contribution in [-0.4, -0.2) is 28.7 Å². The Kier molecular flexibility index (Phi) is 9.78. The Balaban J connectivity index is 0.994. The van der Waals surface area contributed by atoms with Crippen molar-refractivity contribution >= 4 is 65.4 Å². The fraction of sp³-hybridized carbons (Fsp3) is 0. The zero-order valence-corrected chi connectivity index (χ0v) is 40.6. The first kappa shape index (κ1) is 42.5. The van der Waals surface area contributed by atoms with Crippen LogP contribution in [0.15, 0.2) is 267 Å². The molecule has 0 atom stereocenters. The molecule has 75 heavy (non-hydrogen) atoms. The molecule has 4 heterocycles. The number of nitrogens with zero attached hydrogens (tertiary/aromatic N) is 6. The van der Waals surface area contributed by atoms with Crippen LogP contribution >= 0.6 is 0 Å². The first-order valence-electron chi connectivity index (χ1n) is 25.4. The van der Waals surface area contributed by atoms with Crippen molar-refractivity contribution in [1.82, 2.24) is 28.7 Å². The second-order valence-corrected chi connectivity index (χ2v) is 19.2. The van der Waals surface area contributed by atoms with Gasteiger partial charge in [-0.3, -0.25) is 4.57 Å². The van der Waals surface area contributed by atoms with E-state index in [1.807, 2.05) is 18.2 Å². The fourth-order valence-corrected chi connectivity index (χ4v) is 11.5.